The molecule has 1 aromatic rings. The highest BCUT2D eigenvalue weighted by molar-refractivity contribution is 5.46. The Morgan fingerprint density at radius 2 is 1.25 bits per heavy atom. The summed E-state index contributed by atoms with van der Waals surface area (Å²) in [5, 5.41) is 20.1. The Morgan fingerprint density at radius 1 is 0.792 bits per heavy atom. The zero-order valence-electron chi connectivity index (χ0n) is 16.4. The van der Waals surface area contributed by atoms with Crippen molar-refractivity contribution in [2.24, 2.45) is 17.8 Å². The molecule has 0 fully saturated rings. The van der Waals surface area contributed by atoms with E-state index in [0.717, 1.165) is 30.2 Å². The molecule has 0 radical (unpaired) electrons. The fourth-order valence-corrected chi connectivity index (χ4v) is 3.42. The minimum absolute atomic E-state index is 0.234. The summed E-state index contributed by atoms with van der Waals surface area (Å²) in [6, 6.07) is 3.47. The Hall–Kier alpha value is -1.18. The summed E-state index contributed by atoms with van der Waals surface area (Å²) in [5.74, 6) is 2.63. The topological polar surface area (TPSA) is 40.5 Å². The van der Waals surface area contributed by atoms with Crippen molar-refractivity contribution in [3.63, 3.8) is 0 Å². The van der Waals surface area contributed by atoms with E-state index < -0.39 is 0 Å². The third kappa shape index (κ3) is 7.59. The molecule has 1 rings (SSSR count). The largest absolute Gasteiger partial charge is 0.508 e. The van der Waals surface area contributed by atoms with E-state index in [4.69, 9.17) is 0 Å². The lowest BCUT2D eigenvalue weighted by molar-refractivity contribution is 0.384. The Morgan fingerprint density at radius 3 is 1.75 bits per heavy atom. The number of aromatic hydroxyl groups is 2. The molecule has 0 aliphatic heterocycles. The van der Waals surface area contributed by atoms with Gasteiger partial charge in [-0.2, -0.15) is 0 Å². The molecule has 0 aliphatic rings. The van der Waals surface area contributed by atoms with Crippen LogP contribution in [0.2, 0.25) is 0 Å². The standard InChI is InChI=1S/C22H38O2/c1-6-16(2)9-7-10-17(3)11-8-12-18(4)13-20-21(23)14-19(5)15-22(20)24/h14-18,23-24H,6-13H2,1-5H3. The highest BCUT2D eigenvalue weighted by Gasteiger charge is 2.13. The molecule has 0 amide bonds. The lowest BCUT2D eigenvalue weighted by Gasteiger charge is -2.16. The fraction of sp³-hybridized carbons (Fsp3) is 0.727. The normalized spacial score (nSPS) is 15.2. The van der Waals surface area contributed by atoms with Gasteiger partial charge >= 0.3 is 0 Å². The zero-order valence-corrected chi connectivity index (χ0v) is 16.4. The van der Waals surface area contributed by atoms with Gasteiger partial charge in [0.05, 0.1) is 0 Å². The lowest BCUT2D eigenvalue weighted by Crippen LogP contribution is -2.03. The quantitative estimate of drug-likeness (QED) is 0.478. The van der Waals surface area contributed by atoms with Crippen LogP contribution >= 0.6 is 0 Å². The fourth-order valence-electron chi connectivity index (χ4n) is 3.42. The maximum Gasteiger partial charge on any atom is 0.122 e. The Kier molecular flexibility index (Phi) is 9.25. The third-order valence-corrected chi connectivity index (χ3v) is 5.38. The molecule has 0 saturated heterocycles. The predicted molar refractivity (Wildman–Crippen MR) is 104 cm³/mol. The molecule has 2 nitrogen and oxygen atoms in total. The van der Waals surface area contributed by atoms with Gasteiger partial charge in [-0.1, -0.05) is 72.6 Å². The van der Waals surface area contributed by atoms with Crippen molar-refractivity contribution in [3.05, 3.63) is 23.3 Å². The molecular formula is C22H38O2. The lowest BCUT2D eigenvalue weighted by atomic mass is 9.90. The number of benzene rings is 1. The van der Waals surface area contributed by atoms with Gasteiger partial charge in [-0.15, -0.1) is 0 Å². The molecule has 24 heavy (non-hydrogen) atoms. The van der Waals surface area contributed by atoms with E-state index in [9.17, 15) is 10.2 Å². The molecule has 3 atom stereocenters. The first-order chi connectivity index (χ1) is 11.3. The smallest absolute Gasteiger partial charge is 0.122 e. The molecule has 3 unspecified atom stereocenters. The van der Waals surface area contributed by atoms with E-state index in [-0.39, 0.29) is 11.5 Å². The summed E-state index contributed by atoms with van der Waals surface area (Å²) in [7, 11) is 0. The van der Waals surface area contributed by atoms with E-state index in [1.807, 2.05) is 6.92 Å². The Labute approximate surface area is 149 Å². The SMILES string of the molecule is CCC(C)CCCC(C)CCCC(C)Cc1c(O)cc(C)cc1O. The van der Waals surface area contributed by atoms with Crippen LogP contribution in [0.15, 0.2) is 12.1 Å². The van der Waals surface area contributed by atoms with Gasteiger partial charge in [-0.3, -0.25) is 0 Å². The molecule has 0 aromatic heterocycles. The van der Waals surface area contributed by atoms with Gasteiger partial charge in [0, 0.05) is 5.56 Å². The monoisotopic (exact) mass is 334 g/mol. The van der Waals surface area contributed by atoms with Crippen LogP contribution in [0.4, 0.5) is 0 Å². The second kappa shape index (κ2) is 10.6. The maximum atomic E-state index is 10.0. The summed E-state index contributed by atoms with van der Waals surface area (Å²) < 4.78 is 0. The Balaban J connectivity index is 2.28. The van der Waals surface area contributed by atoms with Crippen LogP contribution in [-0.2, 0) is 6.42 Å². The van der Waals surface area contributed by atoms with Crippen LogP contribution in [0.5, 0.6) is 11.5 Å². The van der Waals surface area contributed by atoms with Crippen molar-refractivity contribution >= 4 is 0 Å². The van der Waals surface area contributed by atoms with E-state index in [1.165, 1.54) is 38.5 Å². The molecule has 0 saturated carbocycles. The van der Waals surface area contributed by atoms with Gasteiger partial charge in [-0.05, 0) is 48.8 Å². The van der Waals surface area contributed by atoms with E-state index in [0.29, 0.717) is 11.5 Å². The predicted octanol–water partition coefficient (Wildman–Crippen LogP) is 6.61. The van der Waals surface area contributed by atoms with Crippen molar-refractivity contribution in [1.82, 2.24) is 0 Å². The van der Waals surface area contributed by atoms with Crippen LogP contribution in [0.25, 0.3) is 0 Å². The third-order valence-electron chi connectivity index (χ3n) is 5.38. The molecule has 0 heterocycles. The molecule has 138 valence electrons. The molecule has 2 heteroatoms. The van der Waals surface area contributed by atoms with Crippen molar-refractivity contribution in [2.45, 2.75) is 86.0 Å². The second-order valence-corrected chi connectivity index (χ2v) is 8.07. The van der Waals surface area contributed by atoms with Gasteiger partial charge < -0.3 is 10.2 Å². The van der Waals surface area contributed by atoms with Gasteiger partial charge in [0.25, 0.3) is 0 Å². The van der Waals surface area contributed by atoms with Crippen LogP contribution in [0.1, 0.15) is 83.8 Å². The van der Waals surface area contributed by atoms with Crippen LogP contribution in [-0.4, -0.2) is 10.2 Å². The number of hydrogen-bond donors (Lipinski definition) is 2. The van der Waals surface area contributed by atoms with Crippen LogP contribution < -0.4 is 0 Å². The highest BCUT2D eigenvalue weighted by Crippen LogP contribution is 2.32. The average molecular weight is 335 g/mol. The number of phenolic OH excluding ortho intramolecular Hbond substituents is 2. The Bertz CT molecular complexity index is 458. The number of aryl methyl sites for hydroxylation is 1. The average Bonchev–Trinajstić information content (AvgIpc) is 2.50. The number of rotatable bonds is 11. The van der Waals surface area contributed by atoms with Gasteiger partial charge in [-0.25, -0.2) is 0 Å². The minimum Gasteiger partial charge on any atom is -0.508 e. The molecular weight excluding hydrogens is 296 g/mol. The van der Waals surface area contributed by atoms with Gasteiger partial charge in [0.15, 0.2) is 0 Å². The number of phenols is 2. The second-order valence-electron chi connectivity index (χ2n) is 8.07. The summed E-state index contributed by atoms with van der Waals surface area (Å²) in [6.45, 7) is 11.1. The van der Waals surface area contributed by atoms with E-state index in [2.05, 4.69) is 27.7 Å². The number of hydrogen-bond acceptors (Lipinski definition) is 2. The summed E-state index contributed by atoms with van der Waals surface area (Å²) >= 11 is 0. The van der Waals surface area contributed by atoms with Crippen LogP contribution in [0.3, 0.4) is 0 Å². The highest BCUT2D eigenvalue weighted by atomic mass is 16.3. The van der Waals surface area contributed by atoms with E-state index in [1.54, 1.807) is 12.1 Å². The van der Waals surface area contributed by atoms with Crippen molar-refractivity contribution in [2.75, 3.05) is 0 Å². The van der Waals surface area contributed by atoms with Crippen molar-refractivity contribution in [1.29, 1.82) is 0 Å². The molecule has 0 bridgehead atoms. The first-order valence-electron chi connectivity index (χ1n) is 9.84. The van der Waals surface area contributed by atoms with Crippen LogP contribution in [0, 0.1) is 24.7 Å². The molecule has 2 N–H and O–H groups in total. The summed E-state index contributed by atoms with van der Waals surface area (Å²) in [4.78, 5) is 0. The summed E-state index contributed by atoms with van der Waals surface area (Å²) in [5.41, 5.74) is 1.60. The first-order valence-corrected chi connectivity index (χ1v) is 9.84. The molecule has 1 aromatic carbocycles. The summed E-state index contributed by atoms with van der Waals surface area (Å²) in [6.07, 6.45) is 9.79. The van der Waals surface area contributed by atoms with Crippen molar-refractivity contribution in [3.8, 4) is 11.5 Å². The van der Waals surface area contributed by atoms with E-state index >= 15 is 0 Å². The maximum absolute atomic E-state index is 10.0. The van der Waals surface area contributed by atoms with Gasteiger partial charge in [0.1, 0.15) is 11.5 Å². The zero-order chi connectivity index (χ0) is 18.1. The van der Waals surface area contributed by atoms with Gasteiger partial charge in [0.2, 0.25) is 0 Å². The molecule has 0 spiro atoms. The minimum atomic E-state index is 0.234. The molecule has 0 aliphatic carbocycles. The van der Waals surface area contributed by atoms with Crippen molar-refractivity contribution < 1.29 is 10.2 Å². The first kappa shape index (κ1) is 20.9.